The molecule has 0 atom stereocenters. The zero-order chi connectivity index (χ0) is 37.1. The highest BCUT2D eigenvalue weighted by atomic mass is 14.9. The third-order valence-corrected chi connectivity index (χ3v) is 11.3. The van der Waals surface area contributed by atoms with Gasteiger partial charge in [0.1, 0.15) is 0 Å². The Bertz CT molecular complexity index is 3010. The summed E-state index contributed by atoms with van der Waals surface area (Å²) in [6.45, 7) is 4.68. The molecule has 8 aromatic carbocycles. The van der Waals surface area contributed by atoms with Gasteiger partial charge in [-0.2, -0.15) is 5.26 Å². The summed E-state index contributed by atoms with van der Waals surface area (Å²) >= 11 is 0. The molecule has 0 spiro atoms. The largest absolute Gasteiger partial charge is 0.228 e. The smallest absolute Gasteiger partial charge is 0.160 e. The van der Waals surface area contributed by atoms with Crippen LogP contribution in [0.4, 0.5) is 0 Å². The highest BCUT2D eigenvalue weighted by Crippen LogP contribution is 2.53. The molecule has 9 aromatic rings. The maximum Gasteiger partial charge on any atom is 0.160 e. The number of nitrogens with zero attached hydrogens (tertiary/aromatic N) is 3. The van der Waals surface area contributed by atoms with Crippen LogP contribution in [0.1, 0.15) is 30.5 Å². The molecule has 0 unspecified atom stereocenters. The Morgan fingerprint density at radius 2 is 1.05 bits per heavy atom. The van der Waals surface area contributed by atoms with Gasteiger partial charge in [0.15, 0.2) is 5.82 Å². The first-order chi connectivity index (χ1) is 27.0. The second-order valence-corrected chi connectivity index (χ2v) is 14.9. The van der Waals surface area contributed by atoms with Gasteiger partial charge in [-0.1, -0.05) is 153 Å². The molecule has 1 aliphatic rings. The second-order valence-electron chi connectivity index (χ2n) is 14.9. The molecular weight excluding hydrogens is 667 g/mol. The number of benzene rings is 8. The lowest BCUT2D eigenvalue weighted by Crippen LogP contribution is -2.14. The van der Waals surface area contributed by atoms with Crippen LogP contribution in [0, 0.1) is 11.3 Å². The standard InChI is InChI=1S/C52H35N3/c1-52(2)46-21-11-20-44(50(46)45-29-37-14-6-7-15-38(37)30-47(45)52)49-31-48(54-51(55-49)35-12-4-3-5-13-35)43-27-26-40(41-18-8-9-19-42(41)43)39-17-10-16-36(28-39)34-24-22-33(32-53)23-25-34/h3-31H,1-2H3. The van der Waals surface area contributed by atoms with Crippen LogP contribution in [0.5, 0.6) is 0 Å². The van der Waals surface area contributed by atoms with Gasteiger partial charge in [0, 0.05) is 22.1 Å². The van der Waals surface area contributed by atoms with Crippen molar-refractivity contribution in [3.63, 3.8) is 0 Å². The Morgan fingerprint density at radius 1 is 0.436 bits per heavy atom. The summed E-state index contributed by atoms with van der Waals surface area (Å²) in [7, 11) is 0. The van der Waals surface area contributed by atoms with E-state index in [0.29, 0.717) is 11.4 Å². The van der Waals surface area contributed by atoms with Crippen molar-refractivity contribution < 1.29 is 0 Å². The van der Waals surface area contributed by atoms with Crippen molar-refractivity contribution in [3.05, 3.63) is 193 Å². The number of nitriles is 1. The van der Waals surface area contributed by atoms with Gasteiger partial charge in [0.25, 0.3) is 0 Å². The van der Waals surface area contributed by atoms with E-state index in [-0.39, 0.29) is 5.41 Å². The van der Waals surface area contributed by atoms with E-state index in [1.165, 1.54) is 33.0 Å². The van der Waals surface area contributed by atoms with Crippen LogP contribution in [-0.2, 0) is 5.41 Å². The number of rotatable bonds is 5. The van der Waals surface area contributed by atoms with E-state index in [1.807, 2.05) is 42.5 Å². The molecule has 0 amide bonds. The lowest BCUT2D eigenvalue weighted by Gasteiger charge is -2.22. The molecule has 1 aromatic heterocycles. The summed E-state index contributed by atoms with van der Waals surface area (Å²) in [6.07, 6.45) is 0. The minimum Gasteiger partial charge on any atom is -0.228 e. The van der Waals surface area contributed by atoms with E-state index in [4.69, 9.17) is 9.97 Å². The van der Waals surface area contributed by atoms with Crippen LogP contribution in [-0.4, -0.2) is 9.97 Å². The molecule has 0 radical (unpaired) electrons. The third kappa shape index (κ3) is 5.42. The van der Waals surface area contributed by atoms with Gasteiger partial charge in [0.05, 0.1) is 23.0 Å². The fourth-order valence-corrected chi connectivity index (χ4v) is 8.50. The van der Waals surface area contributed by atoms with Crippen molar-refractivity contribution in [3.8, 4) is 73.4 Å². The fraction of sp³-hybridized carbons (Fsp3) is 0.0577. The summed E-state index contributed by atoms with van der Waals surface area (Å²) in [5.74, 6) is 0.699. The number of fused-ring (bicyclic) bond motifs is 5. The minimum atomic E-state index is -0.160. The first-order valence-electron chi connectivity index (χ1n) is 18.7. The molecule has 0 fully saturated rings. The SMILES string of the molecule is CC1(C)c2cc3ccccc3cc2-c2c(-c3cc(-c4ccc(-c5cccc(-c6ccc(C#N)cc6)c5)c5ccccc45)nc(-c4ccccc4)n3)cccc21. The van der Waals surface area contributed by atoms with Crippen molar-refractivity contribution >= 4 is 21.5 Å². The lowest BCUT2D eigenvalue weighted by atomic mass is 9.81. The average Bonchev–Trinajstić information content (AvgIpc) is 3.47. The molecule has 1 heterocycles. The molecule has 0 saturated heterocycles. The Kier molecular flexibility index (Phi) is 7.54. The second kappa shape index (κ2) is 12.8. The Hall–Kier alpha value is -7.15. The Morgan fingerprint density at radius 3 is 1.82 bits per heavy atom. The first-order valence-corrected chi connectivity index (χ1v) is 18.7. The monoisotopic (exact) mass is 701 g/mol. The van der Waals surface area contributed by atoms with Crippen LogP contribution in [0.15, 0.2) is 176 Å². The van der Waals surface area contributed by atoms with Crippen molar-refractivity contribution in [1.82, 2.24) is 9.97 Å². The van der Waals surface area contributed by atoms with Gasteiger partial charge >= 0.3 is 0 Å². The first kappa shape index (κ1) is 32.5. The molecule has 258 valence electrons. The molecule has 55 heavy (non-hydrogen) atoms. The predicted molar refractivity (Wildman–Crippen MR) is 227 cm³/mol. The van der Waals surface area contributed by atoms with E-state index in [0.717, 1.165) is 61.1 Å². The molecule has 3 nitrogen and oxygen atoms in total. The van der Waals surface area contributed by atoms with Gasteiger partial charge in [-0.15, -0.1) is 0 Å². The van der Waals surface area contributed by atoms with Crippen molar-refractivity contribution in [1.29, 1.82) is 5.26 Å². The van der Waals surface area contributed by atoms with Gasteiger partial charge in [-0.3, -0.25) is 0 Å². The zero-order valence-electron chi connectivity index (χ0n) is 30.6. The Labute approximate surface area is 320 Å². The van der Waals surface area contributed by atoms with E-state index >= 15 is 0 Å². The summed E-state index contributed by atoms with van der Waals surface area (Å²) in [6, 6.07) is 64.3. The normalized spacial score (nSPS) is 12.7. The molecule has 0 N–H and O–H groups in total. The Balaban J connectivity index is 1.16. The van der Waals surface area contributed by atoms with Crippen LogP contribution in [0.2, 0.25) is 0 Å². The van der Waals surface area contributed by atoms with Gasteiger partial charge < -0.3 is 0 Å². The number of hydrogen-bond donors (Lipinski definition) is 0. The van der Waals surface area contributed by atoms with Crippen molar-refractivity contribution in [2.45, 2.75) is 19.3 Å². The maximum atomic E-state index is 9.31. The summed E-state index contributed by atoms with van der Waals surface area (Å²) in [5, 5.41) is 14.1. The van der Waals surface area contributed by atoms with E-state index in [9.17, 15) is 5.26 Å². The molecular formula is C52H35N3. The fourth-order valence-electron chi connectivity index (χ4n) is 8.50. The predicted octanol–water partition coefficient (Wildman–Crippen LogP) is 13.3. The third-order valence-electron chi connectivity index (χ3n) is 11.3. The van der Waals surface area contributed by atoms with E-state index in [1.54, 1.807) is 0 Å². The summed E-state index contributed by atoms with van der Waals surface area (Å²) in [5.41, 5.74) is 15.1. The summed E-state index contributed by atoms with van der Waals surface area (Å²) in [4.78, 5) is 10.6. The van der Waals surface area contributed by atoms with Crippen LogP contribution in [0.25, 0.3) is 88.8 Å². The number of hydrogen-bond acceptors (Lipinski definition) is 3. The van der Waals surface area contributed by atoms with E-state index < -0.39 is 0 Å². The van der Waals surface area contributed by atoms with Crippen LogP contribution in [0.3, 0.4) is 0 Å². The lowest BCUT2D eigenvalue weighted by molar-refractivity contribution is 0.661. The maximum absolute atomic E-state index is 9.31. The molecule has 10 rings (SSSR count). The van der Waals surface area contributed by atoms with Gasteiger partial charge in [-0.05, 0) is 102 Å². The molecule has 0 saturated carbocycles. The average molecular weight is 702 g/mol. The molecule has 1 aliphatic carbocycles. The highest BCUT2D eigenvalue weighted by molar-refractivity contribution is 6.05. The quantitative estimate of drug-likeness (QED) is 0.179. The summed E-state index contributed by atoms with van der Waals surface area (Å²) < 4.78 is 0. The zero-order valence-corrected chi connectivity index (χ0v) is 30.6. The minimum absolute atomic E-state index is 0.160. The van der Waals surface area contributed by atoms with Gasteiger partial charge in [-0.25, -0.2) is 9.97 Å². The van der Waals surface area contributed by atoms with Crippen LogP contribution < -0.4 is 0 Å². The van der Waals surface area contributed by atoms with Crippen molar-refractivity contribution in [2.24, 2.45) is 0 Å². The highest BCUT2D eigenvalue weighted by Gasteiger charge is 2.37. The van der Waals surface area contributed by atoms with Gasteiger partial charge in [0.2, 0.25) is 0 Å². The van der Waals surface area contributed by atoms with Crippen LogP contribution >= 0.6 is 0 Å². The van der Waals surface area contributed by atoms with Crippen molar-refractivity contribution in [2.75, 3.05) is 0 Å². The number of aromatic nitrogens is 2. The molecule has 0 aliphatic heterocycles. The molecule has 3 heteroatoms. The topological polar surface area (TPSA) is 49.6 Å². The van der Waals surface area contributed by atoms with E-state index in [2.05, 4.69) is 153 Å². The molecule has 0 bridgehead atoms.